The van der Waals surface area contributed by atoms with Crippen molar-refractivity contribution >= 4 is 11.4 Å². The lowest BCUT2D eigenvalue weighted by Gasteiger charge is -2.07. The Kier molecular flexibility index (Phi) is 6.81. The van der Waals surface area contributed by atoms with Crippen molar-refractivity contribution in [1.82, 2.24) is 0 Å². The fourth-order valence-electron chi connectivity index (χ4n) is 1.51. The highest BCUT2D eigenvalue weighted by Gasteiger charge is 2.09. The Balaban J connectivity index is 2.28. The highest BCUT2D eigenvalue weighted by Crippen LogP contribution is 2.20. The molecule has 5 nitrogen and oxygen atoms in total. The van der Waals surface area contributed by atoms with E-state index in [2.05, 4.69) is 12.2 Å². The summed E-state index contributed by atoms with van der Waals surface area (Å²) in [7, 11) is 0. The molecular weight excluding hydrogens is 251 g/mol. The van der Waals surface area contributed by atoms with Crippen LogP contribution in [-0.2, 0) is 4.74 Å². The predicted molar refractivity (Wildman–Crippen MR) is 71.9 cm³/mol. The first-order valence-corrected chi connectivity index (χ1v) is 6.40. The van der Waals surface area contributed by atoms with Gasteiger partial charge in [0, 0.05) is 25.8 Å². The van der Waals surface area contributed by atoms with Crippen LogP contribution in [-0.4, -0.2) is 24.7 Å². The van der Waals surface area contributed by atoms with E-state index in [9.17, 15) is 14.5 Å². The Morgan fingerprint density at radius 1 is 1.37 bits per heavy atom. The summed E-state index contributed by atoms with van der Waals surface area (Å²) in [6.45, 7) is 4.05. The topological polar surface area (TPSA) is 64.4 Å². The molecule has 0 fully saturated rings. The van der Waals surface area contributed by atoms with Crippen LogP contribution in [0.15, 0.2) is 18.2 Å². The number of hydrogen-bond donors (Lipinski definition) is 1. The van der Waals surface area contributed by atoms with Crippen molar-refractivity contribution in [3.8, 4) is 0 Å². The van der Waals surface area contributed by atoms with E-state index in [1.165, 1.54) is 12.1 Å². The smallest absolute Gasteiger partial charge is 0.272 e. The minimum absolute atomic E-state index is 0.244. The maximum atomic E-state index is 13.5. The summed E-state index contributed by atoms with van der Waals surface area (Å²) >= 11 is 0. The third-order valence-electron chi connectivity index (χ3n) is 2.59. The minimum atomic E-state index is -0.617. The molecule has 1 aromatic carbocycles. The minimum Gasteiger partial charge on any atom is -0.383 e. The number of rotatable bonds is 9. The van der Waals surface area contributed by atoms with Gasteiger partial charge in [-0.1, -0.05) is 13.3 Å². The van der Waals surface area contributed by atoms with Crippen LogP contribution in [0, 0.1) is 15.9 Å². The van der Waals surface area contributed by atoms with Gasteiger partial charge in [0.25, 0.3) is 5.69 Å². The van der Waals surface area contributed by atoms with Gasteiger partial charge in [-0.15, -0.1) is 0 Å². The van der Waals surface area contributed by atoms with Crippen molar-refractivity contribution < 1.29 is 14.1 Å². The van der Waals surface area contributed by atoms with Crippen molar-refractivity contribution in [3.05, 3.63) is 34.1 Å². The molecule has 0 aliphatic heterocycles. The molecule has 0 spiro atoms. The van der Waals surface area contributed by atoms with Crippen molar-refractivity contribution in [2.45, 2.75) is 26.2 Å². The number of unbranched alkanes of at least 4 members (excludes halogenated alkanes) is 1. The lowest BCUT2D eigenvalue weighted by molar-refractivity contribution is -0.385. The molecule has 0 saturated heterocycles. The Hall–Kier alpha value is -1.69. The Morgan fingerprint density at radius 3 is 2.74 bits per heavy atom. The second kappa shape index (κ2) is 8.42. The molecule has 0 radical (unpaired) electrons. The van der Waals surface area contributed by atoms with Gasteiger partial charge >= 0.3 is 0 Å². The van der Waals surface area contributed by atoms with Gasteiger partial charge in [0.05, 0.1) is 16.7 Å². The first-order valence-electron chi connectivity index (χ1n) is 6.40. The van der Waals surface area contributed by atoms with Crippen LogP contribution in [0.5, 0.6) is 0 Å². The van der Waals surface area contributed by atoms with Gasteiger partial charge in [-0.3, -0.25) is 10.1 Å². The largest absolute Gasteiger partial charge is 0.383 e. The molecule has 6 heteroatoms. The normalized spacial score (nSPS) is 10.4. The summed E-state index contributed by atoms with van der Waals surface area (Å²) in [5, 5.41) is 13.3. The number of nitro benzene ring substituents is 1. The molecule has 0 heterocycles. The molecule has 0 saturated carbocycles. The number of anilines is 1. The van der Waals surface area contributed by atoms with E-state index in [0.29, 0.717) is 13.2 Å². The van der Waals surface area contributed by atoms with Gasteiger partial charge in [0.2, 0.25) is 0 Å². The molecule has 0 amide bonds. The molecule has 0 atom stereocenters. The van der Waals surface area contributed by atoms with Crippen molar-refractivity contribution in [3.63, 3.8) is 0 Å². The molecule has 0 unspecified atom stereocenters. The van der Waals surface area contributed by atoms with E-state index in [1.54, 1.807) is 0 Å². The highest BCUT2D eigenvalue weighted by molar-refractivity contribution is 5.49. The van der Waals surface area contributed by atoms with Gasteiger partial charge in [0.15, 0.2) is 5.82 Å². The maximum absolute atomic E-state index is 13.5. The Labute approximate surface area is 111 Å². The van der Waals surface area contributed by atoms with Gasteiger partial charge in [-0.2, -0.15) is 0 Å². The monoisotopic (exact) mass is 270 g/mol. The summed E-state index contributed by atoms with van der Waals surface area (Å²) in [4.78, 5) is 9.84. The van der Waals surface area contributed by atoms with Crippen molar-refractivity contribution in [2.75, 3.05) is 25.1 Å². The van der Waals surface area contributed by atoms with E-state index < -0.39 is 10.7 Å². The van der Waals surface area contributed by atoms with E-state index in [4.69, 9.17) is 4.74 Å². The molecule has 0 aromatic heterocycles. The molecule has 0 bridgehead atoms. The van der Waals surface area contributed by atoms with E-state index in [-0.39, 0.29) is 11.4 Å². The quantitative estimate of drug-likeness (QED) is 0.424. The number of ether oxygens (including phenoxy) is 1. The molecule has 1 N–H and O–H groups in total. The molecule has 1 aromatic rings. The van der Waals surface area contributed by atoms with E-state index in [0.717, 1.165) is 31.9 Å². The standard InChI is InChI=1S/C13H19FN2O3/c1-2-3-8-19-9-4-7-15-13-6-5-11(16(17)18)10-12(13)14/h5-6,10,15H,2-4,7-9H2,1H3. The average molecular weight is 270 g/mol. The third kappa shape index (κ3) is 5.65. The fourth-order valence-corrected chi connectivity index (χ4v) is 1.51. The maximum Gasteiger partial charge on any atom is 0.272 e. The van der Waals surface area contributed by atoms with Crippen molar-refractivity contribution in [1.29, 1.82) is 0 Å². The molecule has 1 rings (SSSR count). The third-order valence-corrected chi connectivity index (χ3v) is 2.59. The van der Waals surface area contributed by atoms with E-state index in [1.807, 2.05) is 0 Å². The lowest BCUT2D eigenvalue weighted by atomic mass is 10.2. The zero-order valence-corrected chi connectivity index (χ0v) is 11.0. The summed E-state index contributed by atoms with van der Waals surface area (Å²) in [5.41, 5.74) is 0.0325. The van der Waals surface area contributed by atoms with Crippen LogP contribution in [0.3, 0.4) is 0 Å². The molecule has 0 aliphatic rings. The zero-order chi connectivity index (χ0) is 14.1. The SMILES string of the molecule is CCCCOCCCNc1ccc([N+](=O)[O-])cc1F. The van der Waals surface area contributed by atoms with Gasteiger partial charge in [-0.05, 0) is 18.9 Å². The van der Waals surface area contributed by atoms with E-state index >= 15 is 0 Å². The second-order valence-electron chi connectivity index (χ2n) is 4.17. The summed E-state index contributed by atoms with van der Waals surface area (Å²) in [5.74, 6) is -0.610. The van der Waals surface area contributed by atoms with Crippen LogP contribution >= 0.6 is 0 Å². The first kappa shape index (κ1) is 15.4. The van der Waals surface area contributed by atoms with Gasteiger partial charge < -0.3 is 10.1 Å². The number of halogens is 1. The first-order chi connectivity index (χ1) is 9.15. The Bertz CT molecular complexity index is 413. The Morgan fingerprint density at radius 2 is 2.11 bits per heavy atom. The predicted octanol–water partition coefficient (Wildman–Crippen LogP) is 3.35. The number of nitro groups is 1. The number of hydrogen-bond acceptors (Lipinski definition) is 4. The van der Waals surface area contributed by atoms with Crippen LogP contribution in [0.2, 0.25) is 0 Å². The molecular formula is C13H19FN2O3. The number of non-ortho nitro benzene ring substituents is 1. The second-order valence-corrected chi connectivity index (χ2v) is 4.17. The number of nitrogens with one attached hydrogen (secondary N) is 1. The zero-order valence-electron chi connectivity index (χ0n) is 11.0. The summed E-state index contributed by atoms with van der Waals surface area (Å²) in [6.07, 6.45) is 2.91. The van der Waals surface area contributed by atoms with Gasteiger partial charge in [-0.25, -0.2) is 4.39 Å². The fraction of sp³-hybridized carbons (Fsp3) is 0.538. The van der Waals surface area contributed by atoms with Crippen molar-refractivity contribution in [2.24, 2.45) is 0 Å². The highest BCUT2D eigenvalue weighted by atomic mass is 19.1. The molecule has 19 heavy (non-hydrogen) atoms. The molecule has 106 valence electrons. The summed E-state index contributed by atoms with van der Waals surface area (Å²) in [6, 6.07) is 3.58. The average Bonchev–Trinajstić information content (AvgIpc) is 2.39. The van der Waals surface area contributed by atoms with Crippen LogP contribution in [0.25, 0.3) is 0 Å². The van der Waals surface area contributed by atoms with Crippen LogP contribution < -0.4 is 5.32 Å². The van der Waals surface area contributed by atoms with Crippen LogP contribution in [0.1, 0.15) is 26.2 Å². The molecule has 0 aliphatic carbocycles. The van der Waals surface area contributed by atoms with Gasteiger partial charge in [0.1, 0.15) is 0 Å². The van der Waals surface area contributed by atoms with Crippen LogP contribution in [0.4, 0.5) is 15.8 Å². The number of nitrogens with zero attached hydrogens (tertiary/aromatic N) is 1. The summed E-state index contributed by atoms with van der Waals surface area (Å²) < 4.78 is 18.9. The lowest BCUT2D eigenvalue weighted by Crippen LogP contribution is -2.07. The number of benzene rings is 1.